The van der Waals surface area contributed by atoms with Crippen molar-refractivity contribution in [2.24, 2.45) is 0 Å². The lowest BCUT2D eigenvalue weighted by Gasteiger charge is -2.34. The van der Waals surface area contributed by atoms with E-state index in [-0.39, 0.29) is 47.8 Å². The van der Waals surface area contributed by atoms with Crippen molar-refractivity contribution in [3.63, 3.8) is 0 Å². The Morgan fingerprint density at radius 1 is 1.00 bits per heavy atom. The van der Waals surface area contributed by atoms with Crippen LogP contribution >= 0.6 is 11.6 Å². The van der Waals surface area contributed by atoms with Gasteiger partial charge in [-0.05, 0) is 56.3 Å². The van der Waals surface area contributed by atoms with Crippen LogP contribution in [0.25, 0.3) is 5.69 Å². The molecule has 1 aliphatic heterocycles. The van der Waals surface area contributed by atoms with Gasteiger partial charge in [0.2, 0.25) is 10.0 Å². The Morgan fingerprint density at radius 3 is 2.24 bits per heavy atom. The fraction of sp³-hybridized carbons (Fsp3) is 0.273. The molecule has 0 saturated carbocycles. The number of hydrogen-bond acceptors (Lipinski definition) is 4. The minimum atomic E-state index is -3.87. The van der Waals surface area contributed by atoms with Crippen LogP contribution in [0, 0.1) is 25.5 Å². The first-order valence-corrected chi connectivity index (χ1v) is 12.0. The van der Waals surface area contributed by atoms with Gasteiger partial charge in [-0.3, -0.25) is 4.79 Å². The van der Waals surface area contributed by atoms with Gasteiger partial charge >= 0.3 is 0 Å². The number of hydrogen-bond donors (Lipinski definition) is 0. The van der Waals surface area contributed by atoms with Crippen molar-refractivity contribution in [3.05, 3.63) is 76.1 Å². The third kappa shape index (κ3) is 4.38. The van der Waals surface area contributed by atoms with Crippen LogP contribution in [-0.4, -0.2) is 59.5 Å². The van der Waals surface area contributed by atoms with Gasteiger partial charge in [0, 0.05) is 26.2 Å². The molecule has 1 fully saturated rings. The minimum Gasteiger partial charge on any atom is -0.336 e. The Labute approximate surface area is 195 Å². The quantitative estimate of drug-likeness (QED) is 0.555. The van der Waals surface area contributed by atoms with E-state index in [0.29, 0.717) is 22.6 Å². The maximum absolute atomic E-state index is 13.4. The molecule has 0 bridgehead atoms. The Hall–Kier alpha value is -2.82. The molecule has 0 N–H and O–H groups in total. The first-order chi connectivity index (χ1) is 15.6. The fourth-order valence-electron chi connectivity index (χ4n) is 3.86. The molecule has 0 radical (unpaired) electrons. The predicted molar refractivity (Wildman–Crippen MR) is 119 cm³/mol. The Balaban J connectivity index is 1.51. The van der Waals surface area contributed by atoms with Crippen molar-refractivity contribution < 1.29 is 22.0 Å². The van der Waals surface area contributed by atoms with Gasteiger partial charge in [-0.15, -0.1) is 0 Å². The highest BCUT2D eigenvalue weighted by Crippen LogP contribution is 2.25. The molecule has 174 valence electrons. The van der Waals surface area contributed by atoms with Crippen LogP contribution in [0.2, 0.25) is 5.02 Å². The highest BCUT2D eigenvalue weighted by Gasteiger charge is 2.32. The van der Waals surface area contributed by atoms with E-state index in [1.54, 1.807) is 35.6 Å². The zero-order valence-corrected chi connectivity index (χ0v) is 19.5. The molecule has 1 aliphatic rings. The van der Waals surface area contributed by atoms with Crippen LogP contribution in [-0.2, 0) is 10.0 Å². The van der Waals surface area contributed by atoms with Gasteiger partial charge in [-0.2, -0.15) is 9.40 Å². The van der Waals surface area contributed by atoms with E-state index in [1.807, 2.05) is 0 Å². The molecular formula is C22H21ClF2N4O3S. The van der Waals surface area contributed by atoms with Gasteiger partial charge in [0.1, 0.15) is 11.6 Å². The van der Waals surface area contributed by atoms with Crippen molar-refractivity contribution in [3.8, 4) is 5.69 Å². The van der Waals surface area contributed by atoms with Gasteiger partial charge in [-0.25, -0.2) is 21.9 Å². The summed E-state index contributed by atoms with van der Waals surface area (Å²) in [7, 11) is -3.87. The molecule has 0 aliphatic carbocycles. The molecule has 2 heterocycles. The van der Waals surface area contributed by atoms with E-state index in [9.17, 15) is 22.0 Å². The molecule has 2 aromatic carbocycles. The van der Waals surface area contributed by atoms with Crippen molar-refractivity contribution in [1.82, 2.24) is 19.0 Å². The summed E-state index contributed by atoms with van der Waals surface area (Å²) in [6, 6.07) is 9.06. The minimum absolute atomic E-state index is 0.0905. The number of sulfonamides is 1. The molecule has 11 heteroatoms. The average Bonchev–Trinajstić information content (AvgIpc) is 3.09. The van der Waals surface area contributed by atoms with E-state index in [2.05, 4.69) is 5.10 Å². The molecule has 4 rings (SSSR count). The second-order valence-electron chi connectivity index (χ2n) is 7.71. The highest BCUT2D eigenvalue weighted by atomic mass is 35.5. The molecule has 7 nitrogen and oxygen atoms in total. The molecule has 0 atom stereocenters. The monoisotopic (exact) mass is 494 g/mol. The number of nitrogens with zero attached hydrogens (tertiary/aromatic N) is 4. The number of amides is 1. The van der Waals surface area contributed by atoms with Gasteiger partial charge in [0.05, 0.1) is 32.6 Å². The summed E-state index contributed by atoms with van der Waals surface area (Å²) >= 11 is 5.74. The number of aryl methyl sites for hydroxylation is 1. The predicted octanol–water partition coefficient (Wildman–Crippen LogP) is 3.57. The summed E-state index contributed by atoms with van der Waals surface area (Å²) in [6.45, 7) is 4.04. The topological polar surface area (TPSA) is 75.5 Å². The normalized spacial score (nSPS) is 15.1. The number of halogens is 3. The van der Waals surface area contributed by atoms with E-state index >= 15 is 0 Å². The molecule has 1 saturated heterocycles. The van der Waals surface area contributed by atoms with Crippen LogP contribution in [0.3, 0.4) is 0 Å². The number of benzene rings is 2. The third-order valence-corrected chi connectivity index (χ3v) is 7.82. The number of carbonyl (C=O) groups is 1. The smallest absolute Gasteiger partial charge is 0.257 e. The summed E-state index contributed by atoms with van der Waals surface area (Å²) in [5, 5.41) is 4.16. The molecule has 0 unspecified atom stereocenters. The highest BCUT2D eigenvalue weighted by molar-refractivity contribution is 7.89. The fourth-order valence-corrected chi connectivity index (χ4v) is 5.56. The maximum atomic E-state index is 13.4. The second kappa shape index (κ2) is 8.85. The van der Waals surface area contributed by atoms with Gasteiger partial charge in [0.15, 0.2) is 0 Å². The van der Waals surface area contributed by atoms with E-state index < -0.39 is 15.8 Å². The van der Waals surface area contributed by atoms with Crippen LogP contribution in [0.4, 0.5) is 8.78 Å². The SMILES string of the molecule is Cc1nn(-c2ccc(F)cc2)c(C)c1C(=O)N1CCN(S(=O)(=O)c2ccc(F)c(Cl)c2)CC1. The van der Waals surface area contributed by atoms with Gasteiger partial charge in [0.25, 0.3) is 5.91 Å². The lowest BCUT2D eigenvalue weighted by molar-refractivity contribution is 0.0696. The molecule has 3 aromatic rings. The number of aromatic nitrogens is 2. The first-order valence-electron chi connectivity index (χ1n) is 10.2. The van der Waals surface area contributed by atoms with Crippen LogP contribution in [0.1, 0.15) is 21.7 Å². The van der Waals surface area contributed by atoms with E-state index in [0.717, 1.165) is 12.1 Å². The molecular weight excluding hydrogens is 474 g/mol. The van der Waals surface area contributed by atoms with Crippen molar-refractivity contribution >= 4 is 27.5 Å². The average molecular weight is 495 g/mol. The lowest BCUT2D eigenvalue weighted by Crippen LogP contribution is -2.50. The first kappa shape index (κ1) is 23.3. The number of piperazine rings is 1. The largest absolute Gasteiger partial charge is 0.336 e. The Bertz CT molecular complexity index is 1320. The Kier molecular flexibility index (Phi) is 6.26. The van der Waals surface area contributed by atoms with E-state index in [1.165, 1.54) is 22.5 Å². The van der Waals surface area contributed by atoms with Gasteiger partial charge < -0.3 is 4.90 Å². The maximum Gasteiger partial charge on any atom is 0.257 e. The van der Waals surface area contributed by atoms with Crippen molar-refractivity contribution in [2.45, 2.75) is 18.7 Å². The summed E-state index contributed by atoms with van der Waals surface area (Å²) in [4.78, 5) is 14.7. The Morgan fingerprint density at radius 2 is 1.64 bits per heavy atom. The standard InChI is InChI=1S/C22H21ClF2N4O3S/c1-14-21(15(2)29(26-14)17-5-3-16(24)4-6-17)22(30)27-9-11-28(12-10-27)33(31,32)18-7-8-20(25)19(23)13-18/h3-8,13H,9-12H2,1-2H3. The van der Waals surface area contributed by atoms with Gasteiger partial charge in [-0.1, -0.05) is 11.6 Å². The van der Waals surface area contributed by atoms with Crippen LogP contribution in [0.5, 0.6) is 0 Å². The lowest BCUT2D eigenvalue weighted by atomic mass is 10.1. The molecule has 1 amide bonds. The zero-order chi connectivity index (χ0) is 23.9. The summed E-state index contributed by atoms with van der Waals surface area (Å²) in [5.41, 5.74) is 2.20. The van der Waals surface area contributed by atoms with Crippen LogP contribution in [0.15, 0.2) is 47.4 Å². The number of rotatable bonds is 4. The summed E-state index contributed by atoms with van der Waals surface area (Å²) in [5.74, 6) is -1.31. The van der Waals surface area contributed by atoms with Crippen molar-refractivity contribution in [1.29, 1.82) is 0 Å². The number of carbonyl (C=O) groups excluding carboxylic acids is 1. The van der Waals surface area contributed by atoms with E-state index in [4.69, 9.17) is 11.6 Å². The third-order valence-electron chi connectivity index (χ3n) is 5.63. The molecule has 1 aromatic heterocycles. The second-order valence-corrected chi connectivity index (χ2v) is 10.1. The van der Waals surface area contributed by atoms with Crippen molar-refractivity contribution in [2.75, 3.05) is 26.2 Å². The zero-order valence-electron chi connectivity index (χ0n) is 17.9. The van der Waals surface area contributed by atoms with Crippen LogP contribution < -0.4 is 0 Å². The summed E-state index contributed by atoms with van der Waals surface area (Å²) < 4.78 is 55.3. The molecule has 33 heavy (non-hydrogen) atoms. The summed E-state index contributed by atoms with van der Waals surface area (Å²) in [6.07, 6.45) is 0. The molecule has 0 spiro atoms.